The van der Waals surface area contributed by atoms with Crippen molar-refractivity contribution in [1.29, 1.82) is 0 Å². The molecule has 0 saturated heterocycles. The fourth-order valence-electron chi connectivity index (χ4n) is 1.96. The average molecular weight is 489 g/mol. The molecule has 1 aromatic carbocycles. The summed E-state index contributed by atoms with van der Waals surface area (Å²) < 4.78 is 1.08. The van der Waals surface area contributed by atoms with Gasteiger partial charge in [-0.05, 0) is 36.8 Å². The van der Waals surface area contributed by atoms with Crippen LogP contribution < -0.4 is 10.6 Å². The lowest BCUT2D eigenvalue weighted by Gasteiger charge is -2.11. The summed E-state index contributed by atoms with van der Waals surface area (Å²) >= 11 is 3.44. The van der Waals surface area contributed by atoms with Crippen LogP contribution in [0, 0.1) is 0 Å². The van der Waals surface area contributed by atoms with Gasteiger partial charge in [-0.25, -0.2) is 4.99 Å². The Bertz CT molecular complexity index is 587. The lowest BCUT2D eigenvalue weighted by molar-refractivity contribution is 0.788. The molecule has 2 aromatic rings. The highest BCUT2D eigenvalue weighted by Crippen LogP contribution is 2.10. The monoisotopic (exact) mass is 488 g/mol. The highest BCUT2D eigenvalue weighted by molar-refractivity contribution is 14.0. The molecule has 124 valence electrons. The number of guanidine groups is 1. The molecule has 0 radical (unpaired) electrons. The lowest BCUT2D eigenvalue weighted by Crippen LogP contribution is -2.38. The zero-order chi connectivity index (χ0) is 15.6. The molecule has 2 N–H and O–H groups in total. The minimum absolute atomic E-state index is 0. The molecule has 0 spiro atoms. The largest absolute Gasteiger partial charge is 0.357 e. The molecule has 0 unspecified atom stereocenters. The van der Waals surface area contributed by atoms with E-state index in [0.717, 1.165) is 35.6 Å². The summed E-state index contributed by atoms with van der Waals surface area (Å²) in [5.74, 6) is 0.835. The highest BCUT2D eigenvalue weighted by atomic mass is 127. The van der Waals surface area contributed by atoms with Crippen LogP contribution in [0.25, 0.3) is 0 Å². The molecular formula is C17H22BrIN4. The van der Waals surface area contributed by atoms with Crippen molar-refractivity contribution in [1.82, 2.24) is 15.6 Å². The molecule has 2 rings (SSSR count). The minimum atomic E-state index is 0. The van der Waals surface area contributed by atoms with E-state index in [-0.39, 0.29) is 24.0 Å². The normalized spacial score (nSPS) is 10.8. The number of aliphatic imine (C=N–C) groups is 1. The van der Waals surface area contributed by atoms with Crippen molar-refractivity contribution in [3.05, 3.63) is 64.4 Å². The molecule has 0 amide bonds. The molecule has 0 aliphatic carbocycles. The van der Waals surface area contributed by atoms with Crippen molar-refractivity contribution in [3.8, 4) is 0 Å². The van der Waals surface area contributed by atoms with E-state index in [1.807, 2.05) is 36.5 Å². The molecule has 1 heterocycles. The van der Waals surface area contributed by atoms with Crippen molar-refractivity contribution in [2.24, 2.45) is 4.99 Å². The molecule has 0 fully saturated rings. The van der Waals surface area contributed by atoms with Crippen molar-refractivity contribution >= 4 is 45.9 Å². The van der Waals surface area contributed by atoms with Crippen LogP contribution in [0.1, 0.15) is 18.2 Å². The Morgan fingerprint density at radius 2 is 1.91 bits per heavy atom. The van der Waals surface area contributed by atoms with Crippen LogP contribution in [0.5, 0.6) is 0 Å². The van der Waals surface area contributed by atoms with Crippen LogP contribution in [0.2, 0.25) is 0 Å². The highest BCUT2D eigenvalue weighted by Gasteiger charge is 1.99. The minimum Gasteiger partial charge on any atom is -0.357 e. The van der Waals surface area contributed by atoms with Crippen molar-refractivity contribution in [3.63, 3.8) is 0 Å². The predicted molar refractivity (Wildman–Crippen MR) is 110 cm³/mol. The predicted octanol–water partition coefficient (Wildman–Crippen LogP) is 3.76. The van der Waals surface area contributed by atoms with E-state index in [9.17, 15) is 0 Å². The van der Waals surface area contributed by atoms with Gasteiger partial charge in [0.15, 0.2) is 5.96 Å². The number of hydrogen-bond donors (Lipinski definition) is 2. The van der Waals surface area contributed by atoms with E-state index in [0.29, 0.717) is 6.54 Å². The fourth-order valence-corrected chi connectivity index (χ4v) is 2.22. The van der Waals surface area contributed by atoms with Crippen LogP contribution in [0.4, 0.5) is 0 Å². The smallest absolute Gasteiger partial charge is 0.191 e. The van der Waals surface area contributed by atoms with Gasteiger partial charge in [-0.1, -0.05) is 34.1 Å². The Labute approximate surface area is 163 Å². The quantitative estimate of drug-likeness (QED) is 0.369. The maximum atomic E-state index is 4.60. The van der Waals surface area contributed by atoms with Gasteiger partial charge >= 0.3 is 0 Å². The van der Waals surface area contributed by atoms with Crippen LogP contribution in [0.3, 0.4) is 0 Å². The first kappa shape index (κ1) is 19.9. The molecule has 1 aromatic heterocycles. The number of aromatic nitrogens is 1. The van der Waals surface area contributed by atoms with Gasteiger partial charge in [0.2, 0.25) is 0 Å². The first-order valence-corrected chi connectivity index (χ1v) is 8.23. The molecule has 0 bridgehead atoms. The maximum absolute atomic E-state index is 4.60. The Kier molecular flexibility index (Phi) is 9.86. The molecule has 4 nitrogen and oxygen atoms in total. The zero-order valence-electron chi connectivity index (χ0n) is 13.1. The number of halogens is 2. The van der Waals surface area contributed by atoms with Gasteiger partial charge in [0.1, 0.15) is 0 Å². The van der Waals surface area contributed by atoms with Gasteiger partial charge in [-0.2, -0.15) is 0 Å². The number of hydrogen-bond acceptors (Lipinski definition) is 2. The fraction of sp³-hybridized carbons (Fsp3) is 0.294. The maximum Gasteiger partial charge on any atom is 0.191 e. The number of benzene rings is 1. The van der Waals surface area contributed by atoms with Crippen LogP contribution in [-0.4, -0.2) is 24.0 Å². The van der Waals surface area contributed by atoms with Crippen molar-refractivity contribution < 1.29 is 0 Å². The molecular weight excluding hydrogens is 467 g/mol. The van der Waals surface area contributed by atoms with Crippen molar-refractivity contribution in [2.45, 2.75) is 19.9 Å². The van der Waals surface area contributed by atoms with Crippen molar-refractivity contribution in [2.75, 3.05) is 13.1 Å². The van der Waals surface area contributed by atoms with E-state index < -0.39 is 0 Å². The topological polar surface area (TPSA) is 49.3 Å². The summed E-state index contributed by atoms with van der Waals surface area (Å²) in [6.45, 7) is 4.38. The second kappa shape index (κ2) is 11.4. The van der Waals surface area contributed by atoms with E-state index in [4.69, 9.17) is 0 Å². The second-order valence-corrected chi connectivity index (χ2v) is 5.74. The standard InChI is InChI=1S/C17H21BrN4.HI/c1-2-19-17(21-12-10-16-5-3-4-11-20-16)22-13-14-6-8-15(18)9-7-14;/h3-9,11H,2,10,12-13H2,1H3,(H2,19,21,22);1H. The first-order valence-electron chi connectivity index (χ1n) is 7.44. The Morgan fingerprint density at radius 1 is 1.13 bits per heavy atom. The van der Waals surface area contributed by atoms with Gasteiger partial charge in [0.05, 0.1) is 6.54 Å². The van der Waals surface area contributed by atoms with Gasteiger partial charge in [-0.3, -0.25) is 4.98 Å². The van der Waals surface area contributed by atoms with Crippen LogP contribution in [0.15, 0.2) is 58.1 Å². The summed E-state index contributed by atoms with van der Waals surface area (Å²) in [5.41, 5.74) is 2.27. The van der Waals surface area contributed by atoms with E-state index in [1.54, 1.807) is 0 Å². The van der Waals surface area contributed by atoms with Crippen LogP contribution in [-0.2, 0) is 13.0 Å². The van der Waals surface area contributed by atoms with Gasteiger partial charge < -0.3 is 10.6 Å². The van der Waals surface area contributed by atoms with E-state index in [2.05, 4.69) is 55.6 Å². The molecule has 23 heavy (non-hydrogen) atoms. The summed E-state index contributed by atoms with van der Waals surface area (Å²) in [7, 11) is 0. The zero-order valence-corrected chi connectivity index (χ0v) is 17.0. The number of nitrogens with zero attached hydrogens (tertiary/aromatic N) is 2. The van der Waals surface area contributed by atoms with Gasteiger partial charge in [0.25, 0.3) is 0 Å². The lowest BCUT2D eigenvalue weighted by atomic mass is 10.2. The Morgan fingerprint density at radius 3 is 2.57 bits per heavy atom. The third kappa shape index (κ3) is 7.78. The summed E-state index contributed by atoms with van der Waals surface area (Å²) in [6.07, 6.45) is 2.70. The Balaban J connectivity index is 0.00000264. The average Bonchev–Trinajstić information content (AvgIpc) is 2.55. The van der Waals surface area contributed by atoms with E-state index in [1.165, 1.54) is 5.56 Å². The van der Waals surface area contributed by atoms with Gasteiger partial charge in [-0.15, -0.1) is 24.0 Å². The van der Waals surface area contributed by atoms with E-state index >= 15 is 0 Å². The third-order valence-electron chi connectivity index (χ3n) is 3.08. The summed E-state index contributed by atoms with van der Waals surface area (Å²) in [4.78, 5) is 8.92. The Hall–Kier alpha value is -1.15. The summed E-state index contributed by atoms with van der Waals surface area (Å²) in [6, 6.07) is 14.2. The van der Waals surface area contributed by atoms with Crippen LogP contribution >= 0.6 is 39.9 Å². The first-order chi connectivity index (χ1) is 10.8. The molecule has 0 saturated carbocycles. The molecule has 0 aliphatic heterocycles. The number of nitrogens with one attached hydrogen (secondary N) is 2. The molecule has 0 aliphatic rings. The summed E-state index contributed by atoms with van der Waals surface area (Å²) in [5, 5.41) is 6.60. The molecule has 6 heteroatoms. The SMILES string of the molecule is CCNC(=NCc1ccc(Br)cc1)NCCc1ccccn1.I. The number of pyridine rings is 1. The second-order valence-electron chi connectivity index (χ2n) is 4.82. The third-order valence-corrected chi connectivity index (χ3v) is 3.61. The molecule has 0 atom stereocenters. The van der Waals surface area contributed by atoms with Gasteiger partial charge in [0, 0.05) is 35.9 Å². The number of rotatable bonds is 6.